The predicted octanol–water partition coefficient (Wildman–Crippen LogP) is 6.54. The Hall–Kier alpha value is -1.17. The van der Waals surface area contributed by atoms with Gasteiger partial charge in [-0.05, 0) is 0 Å². The van der Waals surface area contributed by atoms with E-state index in [0.29, 0.717) is 0 Å². The molecule has 0 aliphatic heterocycles. The van der Waals surface area contributed by atoms with Crippen molar-refractivity contribution in [2.24, 2.45) is 0 Å². The van der Waals surface area contributed by atoms with Crippen molar-refractivity contribution in [1.29, 1.82) is 0 Å². The van der Waals surface area contributed by atoms with E-state index in [1.165, 1.54) is 21.2 Å². The molecule has 0 N–H and O–H groups in total. The van der Waals surface area contributed by atoms with Crippen molar-refractivity contribution in [3.63, 3.8) is 0 Å². The molecule has 0 radical (unpaired) electrons. The molecule has 4 aromatic rings. The zero-order chi connectivity index (χ0) is 20.1. The third-order valence-electron chi connectivity index (χ3n) is 4.24. The molecule has 149 valence electrons. The van der Waals surface area contributed by atoms with Gasteiger partial charge >= 0.3 is 186 Å². The summed E-state index contributed by atoms with van der Waals surface area (Å²) in [7, 11) is 12.6. The average molecular weight is 500 g/mol. The van der Waals surface area contributed by atoms with E-state index >= 15 is 0 Å². The molecule has 29 heavy (non-hydrogen) atoms. The number of rotatable bonds is 6. The van der Waals surface area contributed by atoms with Gasteiger partial charge in [0.25, 0.3) is 0 Å². The Labute approximate surface area is 185 Å². The van der Waals surface area contributed by atoms with Gasteiger partial charge in [0.15, 0.2) is 0 Å². The van der Waals surface area contributed by atoms with Crippen LogP contribution in [0.5, 0.6) is 0 Å². The van der Waals surface area contributed by atoms with Crippen LogP contribution in [0.15, 0.2) is 121 Å². The van der Waals surface area contributed by atoms with Crippen LogP contribution in [0.2, 0.25) is 0 Å². The van der Waals surface area contributed by atoms with Crippen LogP contribution >= 0.6 is 33.6 Å². The molecule has 4 aromatic carbocycles. The molecule has 0 fully saturated rings. The van der Waals surface area contributed by atoms with Crippen LogP contribution in [0.4, 0.5) is 0 Å². The summed E-state index contributed by atoms with van der Waals surface area (Å²) in [5.74, 6) is 0. The molecule has 0 saturated carbocycles. The maximum absolute atomic E-state index is 7.54. The van der Waals surface area contributed by atoms with E-state index in [-0.39, 0.29) is 0 Å². The zero-order valence-electron chi connectivity index (χ0n) is 15.5. The standard InChI is InChI=1S/2C12H10P.2ClH.Co/c2*1-3-7-11(8-4-1)13-12-9-5-2-6-10-12;;;/h2*1-10H;2*1H;/q2*-1;;;+4/p-2. The molecule has 5 heteroatoms. The molecule has 0 bridgehead atoms. The fourth-order valence-corrected chi connectivity index (χ4v) is 24.5. The Kier molecular flexibility index (Phi) is 7.09. The normalized spacial score (nSPS) is 12.3. The predicted molar refractivity (Wildman–Crippen MR) is 130 cm³/mol. The minimum atomic E-state index is -2.45. The summed E-state index contributed by atoms with van der Waals surface area (Å²) in [6.07, 6.45) is 0. The first-order valence-corrected chi connectivity index (χ1v) is 17.1. The van der Waals surface area contributed by atoms with Crippen LogP contribution in [0.25, 0.3) is 0 Å². The topological polar surface area (TPSA) is 0 Å². The Morgan fingerprint density at radius 2 is 0.586 bits per heavy atom. The molecule has 0 saturated heterocycles. The van der Waals surface area contributed by atoms with Crippen molar-refractivity contribution in [1.82, 2.24) is 0 Å². The number of hydrogen-bond donors (Lipinski definition) is 0. The van der Waals surface area contributed by atoms with Crippen molar-refractivity contribution in [3.05, 3.63) is 121 Å². The van der Waals surface area contributed by atoms with Crippen LogP contribution in [0, 0.1) is 0 Å². The van der Waals surface area contributed by atoms with Gasteiger partial charge in [0, 0.05) is 0 Å². The number of hydrogen-bond acceptors (Lipinski definition) is 0. The van der Waals surface area contributed by atoms with Gasteiger partial charge in [-0.15, -0.1) is 0 Å². The fraction of sp³-hybridized carbons (Fsp3) is 0. The van der Waals surface area contributed by atoms with Gasteiger partial charge in [0.2, 0.25) is 0 Å². The summed E-state index contributed by atoms with van der Waals surface area (Å²) in [4.78, 5) is 0. The van der Waals surface area contributed by atoms with E-state index in [4.69, 9.17) is 20.3 Å². The van der Waals surface area contributed by atoms with Crippen molar-refractivity contribution in [3.8, 4) is 0 Å². The fourth-order valence-electron chi connectivity index (χ4n) is 2.99. The van der Waals surface area contributed by atoms with Gasteiger partial charge in [-0.1, -0.05) is 0 Å². The van der Waals surface area contributed by atoms with Gasteiger partial charge in [-0.3, -0.25) is 0 Å². The molecule has 0 atom stereocenters. The Morgan fingerprint density at radius 3 is 0.793 bits per heavy atom. The maximum atomic E-state index is 7.54. The molecular weight excluding hydrogens is 480 g/mol. The Morgan fingerprint density at radius 1 is 0.379 bits per heavy atom. The van der Waals surface area contributed by atoms with Gasteiger partial charge in [-0.2, -0.15) is 0 Å². The second kappa shape index (κ2) is 9.76. The van der Waals surface area contributed by atoms with E-state index in [9.17, 15) is 0 Å². The average Bonchev–Trinajstić information content (AvgIpc) is 2.77. The molecule has 0 aromatic heterocycles. The Bertz CT molecular complexity index is 865. The summed E-state index contributed by atoms with van der Waals surface area (Å²) in [5.41, 5.74) is 0. The summed E-state index contributed by atoms with van der Waals surface area (Å²) in [6, 6.07) is 42.1. The van der Waals surface area contributed by atoms with Gasteiger partial charge < -0.3 is 0 Å². The van der Waals surface area contributed by atoms with Crippen LogP contribution in [0.3, 0.4) is 0 Å². The van der Waals surface area contributed by atoms with Crippen LogP contribution in [-0.2, 0) is 9.94 Å². The molecule has 0 aliphatic carbocycles. The van der Waals surface area contributed by atoms with Gasteiger partial charge in [0.05, 0.1) is 0 Å². The first-order chi connectivity index (χ1) is 14.2. The molecule has 0 aliphatic rings. The third-order valence-corrected chi connectivity index (χ3v) is 23.3. The quantitative estimate of drug-likeness (QED) is 0.264. The molecular formula is C24H20Cl2CoP2. The molecule has 0 unspecified atom stereocenters. The molecule has 0 nitrogen and oxygen atoms in total. The van der Waals surface area contributed by atoms with E-state index < -0.39 is 23.2 Å². The first kappa shape index (κ1) is 21.1. The van der Waals surface area contributed by atoms with Crippen molar-refractivity contribution >= 4 is 54.8 Å². The second-order valence-corrected chi connectivity index (χ2v) is 24.4. The van der Waals surface area contributed by atoms with E-state index in [1.54, 1.807) is 0 Å². The van der Waals surface area contributed by atoms with Crippen LogP contribution in [-0.4, -0.2) is 0 Å². The SMILES string of the molecule is [Cl][Co]([Cl])([P](c1ccccc1)c1ccccc1)[P](c1ccccc1)c1ccccc1. The van der Waals surface area contributed by atoms with Crippen LogP contribution in [0.1, 0.15) is 0 Å². The van der Waals surface area contributed by atoms with Crippen LogP contribution < -0.4 is 21.2 Å². The van der Waals surface area contributed by atoms with Gasteiger partial charge in [-0.25, -0.2) is 0 Å². The molecule has 4 rings (SSSR count). The first-order valence-electron chi connectivity index (χ1n) is 9.09. The summed E-state index contributed by atoms with van der Waals surface area (Å²) < 4.78 is 0. The van der Waals surface area contributed by atoms with E-state index in [0.717, 1.165) is 0 Å². The minimum absolute atomic E-state index is 0.912. The monoisotopic (exact) mass is 499 g/mol. The summed E-state index contributed by atoms with van der Waals surface area (Å²) >= 11 is 0. The van der Waals surface area contributed by atoms with Crippen molar-refractivity contribution < 1.29 is 9.94 Å². The third kappa shape index (κ3) is 4.78. The molecule has 0 heterocycles. The number of benzene rings is 4. The summed E-state index contributed by atoms with van der Waals surface area (Å²) in [5, 5.41) is 4.91. The Balaban J connectivity index is 1.91. The van der Waals surface area contributed by atoms with E-state index in [2.05, 4.69) is 97.1 Å². The molecule has 0 amide bonds. The van der Waals surface area contributed by atoms with Crippen molar-refractivity contribution in [2.75, 3.05) is 0 Å². The van der Waals surface area contributed by atoms with Crippen molar-refractivity contribution in [2.45, 2.75) is 0 Å². The van der Waals surface area contributed by atoms with E-state index in [1.807, 2.05) is 24.3 Å². The molecule has 0 spiro atoms. The van der Waals surface area contributed by atoms with Gasteiger partial charge in [0.1, 0.15) is 0 Å². The zero-order valence-corrected chi connectivity index (χ0v) is 19.9. The second-order valence-electron chi connectivity index (χ2n) is 6.20. The summed E-state index contributed by atoms with van der Waals surface area (Å²) in [6.45, 7) is -1.82. The number of halogens is 2.